The molecule has 0 aromatic carbocycles. The summed E-state index contributed by atoms with van der Waals surface area (Å²) in [4.78, 5) is 27.0. The van der Waals surface area contributed by atoms with Crippen LogP contribution in [-0.4, -0.2) is 48.3 Å². The van der Waals surface area contributed by atoms with Crippen LogP contribution >= 0.6 is 0 Å². The molecule has 0 saturated carbocycles. The van der Waals surface area contributed by atoms with Crippen LogP contribution in [0.3, 0.4) is 0 Å². The van der Waals surface area contributed by atoms with Crippen molar-refractivity contribution in [2.45, 2.75) is 13.0 Å². The van der Waals surface area contributed by atoms with Crippen molar-refractivity contribution < 1.29 is 14.0 Å². The predicted octanol–water partition coefficient (Wildman–Crippen LogP) is 0.0426. The Morgan fingerprint density at radius 1 is 1.44 bits per heavy atom. The van der Waals surface area contributed by atoms with E-state index in [1.165, 1.54) is 4.90 Å². The first-order valence-electron chi connectivity index (χ1n) is 5.94. The molecule has 0 atom stereocenters. The lowest BCUT2D eigenvalue weighted by Crippen LogP contribution is -2.37. The minimum absolute atomic E-state index is 0.0496. The van der Waals surface area contributed by atoms with E-state index in [-0.39, 0.29) is 30.7 Å². The number of hydrogen-bond donors (Lipinski definition) is 1. The molecule has 0 spiro atoms. The Kier molecular flexibility index (Phi) is 3.66. The number of hydrogen-bond acceptors (Lipinski definition) is 4. The van der Waals surface area contributed by atoms with Gasteiger partial charge in [0.15, 0.2) is 5.76 Å². The van der Waals surface area contributed by atoms with Crippen LogP contribution in [0.2, 0.25) is 0 Å². The summed E-state index contributed by atoms with van der Waals surface area (Å²) < 4.78 is 5.31. The van der Waals surface area contributed by atoms with Crippen LogP contribution in [0.4, 0.5) is 0 Å². The van der Waals surface area contributed by atoms with Gasteiger partial charge >= 0.3 is 0 Å². The van der Waals surface area contributed by atoms with Gasteiger partial charge in [-0.2, -0.15) is 0 Å². The number of rotatable bonds is 2. The fourth-order valence-electron chi connectivity index (χ4n) is 1.92. The Morgan fingerprint density at radius 3 is 2.89 bits per heavy atom. The van der Waals surface area contributed by atoms with Crippen LogP contribution in [0.15, 0.2) is 16.5 Å². The lowest BCUT2D eigenvalue weighted by atomic mass is 10.3. The topological polar surface area (TPSA) is 79.8 Å². The second-order valence-corrected chi connectivity index (χ2v) is 4.37. The molecule has 2 N–H and O–H groups in total. The van der Waals surface area contributed by atoms with E-state index in [1.807, 2.05) is 0 Å². The van der Waals surface area contributed by atoms with Crippen LogP contribution < -0.4 is 5.73 Å². The molecule has 1 saturated heterocycles. The summed E-state index contributed by atoms with van der Waals surface area (Å²) in [5.74, 6) is 0.509. The number of carbonyl (C=O) groups excluding carboxylic acids is 2. The van der Waals surface area contributed by atoms with Gasteiger partial charge in [0.1, 0.15) is 12.3 Å². The summed E-state index contributed by atoms with van der Waals surface area (Å²) in [5, 5.41) is 0. The first-order valence-corrected chi connectivity index (χ1v) is 5.94. The molecule has 0 bridgehead atoms. The van der Waals surface area contributed by atoms with E-state index in [0.29, 0.717) is 18.8 Å². The summed E-state index contributed by atoms with van der Waals surface area (Å²) in [5.41, 5.74) is 5.43. The van der Waals surface area contributed by atoms with Gasteiger partial charge in [-0.25, -0.2) is 0 Å². The highest BCUT2D eigenvalue weighted by Gasteiger charge is 2.25. The minimum atomic E-state index is -0.252. The maximum Gasteiger partial charge on any atom is 0.290 e. The molecular formula is C12H17N3O3. The number of amides is 2. The third-order valence-electron chi connectivity index (χ3n) is 3.03. The van der Waals surface area contributed by atoms with Crippen molar-refractivity contribution in [3.8, 4) is 0 Å². The van der Waals surface area contributed by atoms with E-state index < -0.39 is 0 Å². The number of likely N-dealkylation sites (N-methyl/N-ethyl adjacent to an activating group) is 1. The molecule has 1 aromatic rings. The SMILES string of the molecule is CN1CCCN(C(=O)c2ccc(CN)o2)CC1=O. The fraction of sp³-hybridized carbons (Fsp3) is 0.500. The van der Waals surface area contributed by atoms with Crippen LogP contribution in [0, 0.1) is 0 Å². The molecule has 1 aromatic heterocycles. The molecule has 1 aliphatic rings. The zero-order valence-electron chi connectivity index (χ0n) is 10.4. The summed E-state index contributed by atoms with van der Waals surface area (Å²) >= 11 is 0. The molecule has 1 aliphatic heterocycles. The third-order valence-corrected chi connectivity index (χ3v) is 3.03. The van der Waals surface area contributed by atoms with Crippen LogP contribution in [0.25, 0.3) is 0 Å². The van der Waals surface area contributed by atoms with Crippen molar-refractivity contribution in [1.29, 1.82) is 0 Å². The quantitative estimate of drug-likeness (QED) is 0.805. The van der Waals surface area contributed by atoms with Crippen molar-refractivity contribution in [3.63, 3.8) is 0 Å². The highest BCUT2D eigenvalue weighted by Crippen LogP contribution is 2.12. The molecule has 18 heavy (non-hydrogen) atoms. The third kappa shape index (κ3) is 2.53. The van der Waals surface area contributed by atoms with Crippen LogP contribution in [-0.2, 0) is 11.3 Å². The van der Waals surface area contributed by atoms with Gasteiger partial charge in [0, 0.05) is 20.1 Å². The Hall–Kier alpha value is -1.82. The zero-order chi connectivity index (χ0) is 13.1. The second-order valence-electron chi connectivity index (χ2n) is 4.37. The predicted molar refractivity (Wildman–Crippen MR) is 64.8 cm³/mol. The fourth-order valence-corrected chi connectivity index (χ4v) is 1.92. The maximum absolute atomic E-state index is 12.2. The standard InChI is InChI=1S/C12H17N3O3/c1-14-5-2-6-15(8-11(14)16)12(17)10-4-3-9(7-13)18-10/h3-4H,2,5-8,13H2,1H3. The average molecular weight is 251 g/mol. The van der Waals surface area contributed by atoms with Gasteiger partial charge in [-0.1, -0.05) is 0 Å². The van der Waals surface area contributed by atoms with Crippen LogP contribution in [0.5, 0.6) is 0 Å². The first-order chi connectivity index (χ1) is 8.61. The van der Waals surface area contributed by atoms with Gasteiger partial charge < -0.3 is 20.0 Å². The minimum Gasteiger partial charge on any atom is -0.455 e. The van der Waals surface area contributed by atoms with E-state index in [4.69, 9.17) is 10.2 Å². The van der Waals surface area contributed by atoms with Gasteiger partial charge in [0.25, 0.3) is 5.91 Å². The molecule has 2 rings (SSSR count). The molecule has 6 heteroatoms. The molecular weight excluding hydrogens is 234 g/mol. The van der Waals surface area contributed by atoms with Crippen molar-refractivity contribution in [2.75, 3.05) is 26.7 Å². The molecule has 1 fully saturated rings. The van der Waals surface area contributed by atoms with Gasteiger partial charge in [0.05, 0.1) is 6.54 Å². The van der Waals surface area contributed by atoms with E-state index in [1.54, 1.807) is 24.1 Å². The van der Waals surface area contributed by atoms with Crippen molar-refractivity contribution in [1.82, 2.24) is 9.80 Å². The molecule has 0 unspecified atom stereocenters. The number of furan rings is 1. The van der Waals surface area contributed by atoms with E-state index in [9.17, 15) is 9.59 Å². The van der Waals surface area contributed by atoms with Gasteiger partial charge in [-0.05, 0) is 18.6 Å². The lowest BCUT2D eigenvalue weighted by Gasteiger charge is -2.18. The van der Waals surface area contributed by atoms with Crippen LogP contribution in [0.1, 0.15) is 22.7 Å². The molecule has 0 radical (unpaired) electrons. The number of nitrogens with two attached hydrogens (primary N) is 1. The monoisotopic (exact) mass is 251 g/mol. The van der Waals surface area contributed by atoms with Crippen molar-refractivity contribution in [2.24, 2.45) is 5.73 Å². The Balaban J connectivity index is 2.10. The lowest BCUT2D eigenvalue weighted by molar-refractivity contribution is -0.129. The summed E-state index contributed by atoms with van der Waals surface area (Å²) in [6.07, 6.45) is 0.776. The number of carbonyl (C=O) groups is 2. The first kappa shape index (κ1) is 12.6. The largest absolute Gasteiger partial charge is 0.455 e. The van der Waals surface area contributed by atoms with Gasteiger partial charge in [-0.15, -0.1) is 0 Å². The van der Waals surface area contributed by atoms with Gasteiger partial charge in [-0.3, -0.25) is 9.59 Å². The van der Waals surface area contributed by atoms with Gasteiger partial charge in [0.2, 0.25) is 5.91 Å². The van der Waals surface area contributed by atoms with E-state index in [2.05, 4.69) is 0 Å². The molecule has 98 valence electrons. The zero-order valence-corrected chi connectivity index (χ0v) is 10.4. The Labute approximate surface area is 105 Å². The number of nitrogens with zero attached hydrogens (tertiary/aromatic N) is 2. The van der Waals surface area contributed by atoms with E-state index in [0.717, 1.165) is 6.42 Å². The Morgan fingerprint density at radius 2 is 2.22 bits per heavy atom. The molecule has 6 nitrogen and oxygen atoms in total. The highest BCUT2D eigenvalue weighted by molar-refractivity contribution is 5.94. The second kappa shape index (κ2) is 5.22. The Bertz CT molecular complexity index is 455. The normalized spacial score (nSPS) is 16.9. The molecule has 2 heterocycles. The molecule has 0 aliphatic carbocycles. The maximum atomic E-state index is 12.2. The average Bonchev–Trinajstić information content (AvgIpc) is 2.78. The molecule has 2 amide bonds. The summed E-state index contributed by atoms with van der Waals surface area (Å²) in [6.45, 7) is 1.60. The van der Waals surface area contributed by atoms with Crippen molar-refractivity contribution >= 4 is 11.8 Å². The van der Waals surface area contributed by atoms with Crippen molar-refractivity contribution in [3.05, 3.63) is 23.7 Å². The smallest absolute Gasteiger partial charge is 0.290 e. The van der Waals surface area contributed by atoms with E-state index >= 15 is 0 Å². The summed E-state index contributed by atoms with van der Waals surface area (Å²) in [6, 6.07) is 3.28. The highest BCUT2D eigenvalue weighted by atomic mass is 16.4. The summed E-state index contributed by atoms with van der Waals surface area (Å²) in [7, 11) is 1.75.